The molecule has 1 aliphatic heterocycles. The second-order valence-corrected chi connectivity index (χ2v) is 11.4. The smallest absolute Gasteiger partial charge is 0.310 e. The summed E-state index contributed by atoms with van der Waals surface area (Å²) < 4.78 is 10.6. The zero-order valence-electron chi connectivity index (χ0n) is 26.6. The number of carbonyl (C=O) groups excluding carboxylic acids is 4. The van der Waals surface area contributed by atoms with Gasteiger partial charge < -0.3 is 30.1 Å². The summed E-state index contributed by atoms with van der Waals surface area (Å²) in [5.41, 5.74) is 4.58. The predicted molar refractivity (Wildman–Crippen MR) is 171 cm³/mol. The number of carboxylic acid groups (broad SMARTS) is 1. The van der Waals surface area contributed by atoms with Gasteiger partial charge in [0, 0.05) is 11.1 Å². The van der Waals surface area contributed by atoms with Gasteiger partial charge in [0.1, 0.15) is 24.0 Å². The summed E-state index contributed by atoms with van der Waals surface area (Å²) in [6.07, 6.45) is -1.23. The minimum Gasteiger partial charge on any atom is -0.496 e. The summed E-state index contributed by atoms with van der Waals surface area (Å²) in [6, 6.07) is 15.5. The lowest BCUT2D eigenvalue weighted by Crippen LogP contribution is -2.54. The molecule has 2 unspecified atom stereocenters. The number of benzene rings is 3. The lowest BCUT2D eigenvalue weighted by atomic mass is 10.0. The molecule has 4 N–H and O–H groups in total. The number of aliphatic carboxylic acids is 1. The number of nitrogens with zero attached hydrogens (tertiary/aromatic N) is 1. The van der Waals surface area contributed by atoms with Crippen molar-refractivity contribution in [2.45, 2.75) is 58.3 Å². The fraction of sp³-hybridized carbons (Fsp3) is 0.353. The molecule has 13 heteroatoms. The van der Waals surface area contributed by atoms with E-state index in [1.54, 1.807) is 38.1 Å². The van der Waals surface area contributed by atoms with Crippen LogP contribution in [0, 0.1) is 5.92 Å². The van der Waals surface area contributed by atoms with E-state index in [2.05, 4.69) is 21.1 Å². The van der Waals surface area contributed by atoms with Crippen molar-refractivity contribution in [3.8, 4) is 5.75 Å². The van der Waals surface area contributed by atoms with E-state index in [1.807, 2.05) is 43.3 Å². The Morgan fingerprint density at radius 1 is 0.979 bits per heavy atom. The molecule has 13 nitrogen and oxygen atoms in total. The van der Waals surface area contributed by atoms with Gasteiger partial charge in [0.05, 0.1) is 26.4 Å². The van der Waals surface area contributed by atoms with Crippen LogP contribution in [0.15, 0.2) is 65.7 Å². The molecule has 0 aromatic heterocycles. The fourth-order valence-electron chi connectivity index (χ4n) is 5.07. The van der Waals surface area contributed by atoms with Gasteiger partial charge >= 0.3 is 11.9 Å². The Kier molecular flexibility index (Phi) is 11.6. The summed E-state index contributed by atoms with van der Waals surface area (Å²) in [4.78, 5) is 73.3. The third-order valence-electron chi connectivity index (χ3n) is 7.46. The molecule has 0 bridgehead atoms. The van der Waals surface area contributed by atoms with E-state index in [9.17, 15) is 29.1 Å². The Balaban J connectivity index is 1.38. The third-order valence-corrected chi connectivity index (χ3v) is 7.46. The summed E-state index contributed by atoms with van der Waals surface area (Å²) >= 11 is 0. The molecule has 3 atom stereocenters. The van der Waals surface area contributed by atoms with Crippen LogP contribution in [0.5, 0.6) is 5.75 Å². The fourth-order valence-corrected chi connectivity index (χ4v) is 5.07. The molecule has 3 aromatic rings. The molecule has 248 valence electrons. The largest absolute Gasteiger partial charge is 0.496 e. The van der Waals surface area contributed by atoms with Crippen LogP contribution in [0.1, 0.15) is 43.9 Å². The maximum atomic E-state index is 13.3. The first-order valence-corrected chi connectivity index (χ1v) is 15.1. The Morgan fingerprint density at radius 3 is 2.40 bits per heavy atom. The summed E-state index contributed by atoms with van der Waals surface area (Å²) in [5.74, 6) is -3.74. The maximum Gasteiger partial charge on any atom is 0.310 e. The molecule has 0 fully saturated rings. The number of fused-ring (bicyclic) bond motifs is 1. The van der Waals surface area contributed by atoms with Gasteiger partial charge in [0.15, 0.2) is 12.4 Å². The van der Waals surface area contributed by atoms with Gasteiger partial charge in [-0.1, -0.05) is 56.3 Å². The van der Waals surface area contributed by atoms with Gasteiger partial charge in [-0.25, -0.2) is 4.99 Å². The number of hydrogen-bond acceptors (Lipinski definition) is 10. The van der Waals surface area contributed by atoms with Crippen molar-refractivity contribution in [3.05, 3.63) is 77.4 Å². The van der Waals surface area contributed by atoms with Crippen LogP contribution in [-0.4, -0.2) is 72.5 Å². The van der Waals surface area contributed by atoms with Crippen molar-refractivity contribution in [3.63, 3.8) is 0 Å². The molecule has 0 aliphatic carbocycles. The minimum atomic E-state index is -1.50. The van der Waals surface area contributed by atoms with Crippen LogP contribution < -0.4 is 20.9 Å². The number of aliphatic imine (C=N–C) groups is 1. The molecule has 3 aromatic carbocycles. The second-order valence-electron chi connectivity index (χ2n) is 11.4. The average molecular weight is 647 g/mol. The number of ketones is 1. The highest BCUT2D eigenvalue weighted by Crippen LogP contribution is 2.23. The average Bonchev–Trinajstić information content (AvgIpc) is 3.48. The Morgan fingerprint density at radius 2 is 1.72 bits per heavy atom. The normalized spacial score (nSPS) is 15.3. The highest BCUT2D eigenvalue weighted by molar-refractivity contribution is 5.97. The second kappa shape index (κ2) is 15.8. The molecule has 1 aliphatic rings. The monoisotopic (exact) mass is 646 g/mol. The molecule has 1 heterocycles. The number of esters is 1. The number of carbonyl (C=O) groups is 5. The number of rotatable bonds is 15. The number of carboxylic acids is 1. The molecule has 2 amide bonds. The van der Waals surface area contributed by atoms with Crippen molar-refractivity contribution < 1.29 is 43.4 Å². The Bertz CT molecular complexity index is 1680. The summed E-state index contributed by atoms with van der Waals surface area (Å²) in [5, 5.41) is 16.3. The minimum absolute atomic E-state index is 0.100. The van der Waals surface area contributed by atoms with Crippen LogP contribution in [-0.2, 0) is 46.4 Å². The van der Waals surface area contributed by atoms with E-state index in [4.69, 9.17) is 14.3 Å². The van der Waals surface area contributed by atoms with Crippen molar-refractivity contribution in [2.75, 3.05) is 13.7 Å². The first kappa shape index (κ1) is 34.6. The van der Waals surface area contributed by atoms with E-state index >= 15 is 0 Å². The van der Waals surface area contributed by atoms with E-state index in [-0.39, 0.29) is 19.0 Å². The van der Waals surface area contributed by atoms with Crippen molar-refractivity contribution in [1.29, 1.82) is 0 Å². The first-order chi connectivity index (χ1) is 22.4. The summed E-state index contributed by atoms with van der Waals surface area (Å²) in [6.45, 7) is 4.47. The van der Waals surface area contributed by atoms with Crippen LogP contribution in [0.25, 0.3) is 10.8 Å². The maximum absolute atomic E-state index is 13.3. The van der Waals surface area contributed by atoms with Crippen LogP contribution in [0.2, 0.25) is 0 Å². The molecule has 0 saturated carbocycles. The Labute approximate surface area is 271 Å². The van der Waals surface area contributed by atoms with Crippen molar-refractivity contribution >= 4 is 46.2 Å². The quantitative estimate of drug-likeness (QED) is 0.179. The topological polar surface area (TPSA) is 182 Å². The molecule has 0 radical (unpaired) electrons. The van der Waals surface area contributed by atoms with E-state index in [1.165, 1.54) is 7.11 Å². The first-order valence-electron chi connectivity index (χ1n) is 15.1. The number of amides is 2. The molecule has 47 heavy (non-hydrogen) atoms. The van der Waals surface area contributed by atoms with Crippen molar-refractivity contribution in [1.82, 2.24) is 16.1 Å². The number of hydrogen-bond donors (Lipinski definition) is 4. The van der Waals surface area contributed by atoms with Crippen LogP contribution in [0.3, 0.4) is 0 Å². The molecule has 0 saturated heterocycles. The zero-order valence-corrected chi connectivity index (χ0v) is 26.6. The molecule has 4 rings (SSSR count). The van der Waals surface area contributed by atoms with Gasteiger partial charge in [-0.05, 0) is 47.4 Å². The van der Waals surface area contributed by atoms with Gasteiger partial charge in [-0.3, -0.25) is 24.0 Å². The highest BCUT2D eigenvalue weighted by atomic mass is 16.7. The summed E-state index contributed by atoms with van der Waals surface area (Å²) in [7, 11) is 1.47. The van der Waals surface area contributed by atoms with Crippen LogP contribution in [0.4, 0.5) is 0 Å². The number of nitrogens with one attached hydrogen (secondary N) is 3. The molecule has 0 spiro atoms. The Hall–Kier alpha value is -5.30. The van der Waals surface area contributed by atoms with E-state index in [0.29, 0.717) is 28.3 Å². The zero-order chi connectivity index (χ0) is 34.1. The highest BCUT2D eigenvalue weighted by Gasteiger charge is 2.31. The van der Waals surface area contributed by atoms with E-state index in [0.717, 1.165) is 10.8 Å². The molecular weight excluding hydrogens is 608 g/mol. The van der Waals surface area contributed by atoms with Crippen LogP contribution >= 0.6 is 0 Å². The number of ether oxygens (including phenoxy) is 2. The van der Waals surface area contributed by atoms with Gasteiger partial charge in [-0.15, -0.1) is 5.48 Å². The lowest BCUT2D eigenvalue weighted by molar-refractivity contribution is -0.148. The van der Waals surface area contributed by atoms with E-state index < -0.39 is 60.6 Å². The van der Waals surface area contributed by atoms with Gasteiger partial charge in [0.25, 0.3) is 0 Å². The number of Topliss-reactive ketones (excluding diaryl/α,β-unsaturated/α-hetero) is 1. The standard InChI is InChI=1S/C34H38N4O9/c1-19(2)32(37-29(40)15-24-14-23(12-13-28(24)45-4)34-35-20(3)38-47-34)33(44)36-26(17-30(41)42)27(39)18-46-31(43)16-22-10-7-9-21-8-5-6-11-25(21)22/h5-14,19-20,26,32,38H,15-18H2,1-4H3,(H,36,44)(H,37,40)(H,41,42)/t20?,26?,32-/m0/s1. The third kappa shape index (κ3) is 9.36. The lowest BCUT2D eigenvalue weighted by Gasteiger charge is -2.24. The van der Waals surface area contributed by atoms with Gasteiger partial charge in [-0.2, -0.15) is 0 Å². The van der Waals surface area contributed by atoms with Crippen molar-refractivity contribution in [2.24, 2.45) is 10.9 Å². The number of hydroxylamine groups is 1. The van der Waals surface area contributed by atoms with Gasteiger partial charge in [0.2, 0.25) is 17.7 Å². The predicted octanol–water partition coefficient (Wildman–Crippen LogP) is 2.47. The molecular formula is C34H38N4O9. The SMILES string of the molecule is COc1ccc(C2=NC(C)NO2)cc1CC(=O)N[C@H](C(=O)NC(CC(=O)O)C(=O)COC(=O)Cc1cccc2ccccc12)C(C)C. The number of methoxy groups -OCH3 is 1.